The molecule has 0 bridgehead atoms. The van der Waals surface area contributed by atoms with Crippen molar-refractivity contribution < 1.29 is 0 Å². The van der Waals surface area contributed by atoms with E-state index < -0.39 is 0 Å². The molecule has 0 aromatic heterocycles. The zero-order valence-corrected chi connectivity index (χ0v) is 14.0. The summed E-state index contributed by atoms with van der Waals surface area (Å²) in [4.78, 5) is 2.61. The summed E-state index contributed by atoms with van der Waals surface area (Å²) >= 11 is 0. The molecule has 20 heavy (non-hydrogen) atoms. The quantitative estimate of drug-likeness (QED) is 0.728. The third-order valence-electron chi connectivity index (χ3n) is 5.86. The lowest BCUT2D eigenvalue weighted by Crippen LogP contribution is -2.35. The molecule has 118 valence electrons. The van der Waals surface area contributed by atoms with Crippen molar-refractivity contribution in [2.75, 3.05) is 33.7 Å². The Labute approximate surface area is 126 Å². The molecule has 0 aromatic carbocycles. The molecule has 1 N–H and O–H groups in total. The molecular formula is C18H36N2. The highest BCUT2D eigenvalue weighted by atomic mass is 15.1. The van der Waals surface area contributed by atoms with E-state index in [-0.39, 0.29) is 0 Å². The fourth-order valence-corrected chi connectivity index (χ4v) is 4.32. The van der Waals surface area contributed by atoms with Crippen LogP contribution in [0.2, 0.25) is 0 Å². The van der Waals surface area contributed by atoms with Gasteiger partial charge in [-0.1, -0.05) is 26.2 Å². The fourth-order valence-electron chi connectivity index (χ4n) is 4.32. The number of rotatable bonds is 8. The number of hydrogen-bond acceptors (Lipinski definition) is 2. The van der Waals surface area contributed by atoms with Crippen molar-refractivity contribution in [3.63, 3.8) is 0 Å². The molecule has 0 amide bonds. The van der Waals surface area contributed by atoms with Crippen molar-refractivity contribution in [2.24, 2.45) is 23.7 Å². The van der Waals surface area contributed by atoms with E-state index in [0.29, 0.717) is 0 Å². The standard InChI is InChI=1S/C18H36N2/c1-4-15-5-7-16(8-6-15)14-20(3)10-9-17-11-18(12-17)13-19-2/h15-19H,4-14H2,1-3H3/t15-,16-,17-,18-. The molecular weight excluding hydrogens is 244 g/mol. The van der Waals surface area contributed by atoms with Gasteiger partial charge in [-0.05, 0) is 83.0 Å². The minimum absolute atomic E-state index is 0.972. The molecule has 2 heteroatoms. The summed E-state index contributed by atoms with van der Waals surface area (Å²) in [5, 5.41) is 3.31. The van der Waals surface area contributed by atoms with Crippen LogP contribution in [-0.2, 0) is 0 Å². The normalized spacial score (nSPS) is 34.2. The molecule has 2 aliphatic rings. The topological polar surface area (TPSA) is 15.3 Å². The molecule has 0 aliphatic heterocycles. The lowest BCUT2D eigenvalue weighted by molar-refractivity contribution is 0.147. The van der Waals surface area contributed by atoms with E-state index in [4.69, 9.17) is 0 Å². The van der Waals surface area contributed by atoms with E-state index in [9.17, 15) is 0 Å². The summed E-state index contributed by atoms with van der Waals surface area (Å²) in [6.45, 7) is 6.26. The van der Waals surface area contributed by atoms with E-state index >= 15 is 0 Å². The van der Waals surface area contributed by atoms with Gasteiger partial charge >= 0.3 is 0 Å². The summed E-state index contributed by atoms with van der Waals surface area (Å²) in [5.41, 5.74) is 0. The van der Waals surface area contributed by atoms with Crippen molar-refractivity contribution in [2.45, 2.75) is 58.3 Å². The summed E-state index contributed by atoms with van der Waals surface area (Å²) in [6, 6.07) is 0. The molecule has 0 atom stereocenters. The van der Waals surface area contributed by atoms with Gasteiger partial charge in [0.1, 0.15) is 0 Å². The first kappa shape index (κ1) is 16.3. The minimum Gasteiger partial charge on any atom is -0.319 e. The highest BCUT2D eigenvalue weighted by molar-refractivity contribution is 4.81. The van der Waals surface area contributed by atoms with Crippen molar-refractivity contribution in [1.82, 2.24) is 10.2 Å². The average molecular weight is 281 g/mol. The van der Waals surface area contributed by atoms with Gasteiger partial charge in [-0.25, -0.2) is 0 Å². The maximum absolute atomic E-state index is 3.31. The van der Waals surface area contributed by atoms with E-state index in [0.717, 1.165) is 23.7 Å². The molecule has 0 radical (unpaired) electrons. The predicted molar refractivity (Wildman–Crippen MR) is 88.0 cm³/mol. The van der Waals surface area contributed by atoms with Crippen LogP contribution in [0, 0.1) is 23.7 Å². The van der Waals surface area contributed by atoms with E-state index in [1.807, 2.05) is 0 Å². The number of hydrogen-bond donors (Lipinski definition) is 1. The van der Waals surface area contributed by atoms with E-state index in [2.05, 4.69) is 31.2 Å². The maximum atomic E-state index is 3.31. The van der Waals surface area contributed by atoms with Crippen LogP contribution in [0.25, 0.3) is 0 Å². The van der Waals surface area contributed by atoms with Crippen molar-refractivity contribution in [1.29, 1.82) is 0 Å². The van der Waals surface area contributed by atoms with Gasteiger partial charge in [0.05, 0.1) is 0 Å². The molecule has 2 nitrogen and oxygen atoms in total. The van der Waals surface area contributed by atoms with Crippen LogP contribution in [0.4, 0.5) is 0 Å². The Morgan fingerprint density at radius 2 is 1.60 bits per heavy atom. The average Bonchev–Trinajstić information content (AvgIpc) is 2.42. The summed E-state index contributed by atoms with van der Waals surface area (Å²) in [5.74, 6) is 4.02. The van der Waals surface area contributed by atoms with Crippen LogP contribution in [0.15, 0.2) is 0 Å². The Morgan fingerprint density at radius 1 is 0.950 bits per heavy atom. The Balaban J connectivity index is 1.52. The third kappa shape index (κ3) is 5.04. The van der Waals surface area contributed by atoms with Crippen LogP contribution >= 0.6 is 0 Å². The minimum atomic E-state index is 0.972. The third-order valence-corrected chi connectivity index (χ3v) is 5.86. The van der Waals surface area contributed by atoms with E-state index in [1.165, 1.54) is 71.0 Å². The van der Waals surface area contributed by atoms with Gasteiger partial charge in [-0.15, -0.1) is 0 Å². The van der Waals surface area contributed by atoms with Crippen molar-refractivity contribution in [3.05, 3.63) is 0 Å². The highest BCUT2D eigenvalue weighted by Gasteiger charge is 2.28. The molecule has 0 unspecified atom stereocenters. The molecule has 0 aromatic rings. The Hall–Kier alpha value is -0.0800. The number of nitrogens with zero attached hydrogens (tertiary/aromatic N) is 1. The van der Waals surface area contributed by atoms with Crippen LogP contribution < -0.4 is 5.32 Å². The lowest BCUT2D eigenvalue weighted by atomic mass is 9.73. The van der Waals surface area contributed by atoms with Gasteiger partial charge in [0.25, 0.3) is 0 Å². The Bertz CT molecular complexity index is 252. The van der Waals surface area contributed by atoms with Gasteiger partial charge in [0.2, 0.25) is 0 Å². The Kier molecular flexibility index (Phi) is 6.83. The predicted octanol–water partition coefficient (Wildman–Crippen LogP) is 3.77. The second kappa shape index (κ2) is 8.38. The van der Waals surface area contributed by atoms with Gasteiger partial charge in [-0.3, -0.25) is 0 Å². The largest absolute Gasteiger partial charge is 0.319 e. The molecule has 2 saturated carbocycles. The SMILES string of the molecule is CC[C@H]1CC[C@H](CN(C)CC[C@H]2C[C@H](CNC)C2)CC1. The van der Waals surface area contributed by atoms with Crippen LogP contribution in [0.5, 0.6) is 0 Å². The first-order valence-corrected chi connectivity index (χ1v) is 9.04. The van der Waals surface area contributed by atoms with Gasteiger partial charge < -0.3 is 10.2 Å². The van der Waals surface area contributed by atoms with Crippen molar-refractivity contribution in [3.8, 4) is 0 Å². The molecule has 0 spiro atoms. The summed E-state index contributed by atoms with van der Waals surface area (Å²) in [6.07, 6.45) is 11.7. The number of nitrogens with one attached hydrogen (secondary N) is 1. The molecule has 2 aliphatic carbocycles. The summed E-state index contributed by atoms with van der Waals surface area (Å²) < 4.78 is 0. The second-order valence-corrected chi connectivity index (χ2v) is 7.61. The van der Waals surface area contributed by atoms with Gasteiger partial charge in [-0.2, -0.15) is 0 Å². The summed E-state index contributed by atoms with van der Waals surface area (Å²) in [7, 11) is 4.42. The van der Waals surface area contributed by atoms with Crippen LogP contribution in [-0.4, -0.2) is 38.6 Å². The lowest BCUT2D eigenvalue weighted by Gasteiger charge is -2.37. The molecule has 2 rings (SSSR count). The first-order valence-electron chi connectivity index (χ1n) is 9.04. The van der Waals surface area contributed by atoms with E-state index in [1.54, 1.807) is 0 Å². The Morgan fingerprint density at radius 3 is 2.20 bits per heavy atom. The second-order valence-electron chi connectivity index (χ2n) is 7.61. The maximum Gasteiger partial charge on any atom is 0.000661 e. The zero-order chi connectivity index (χ0) is 14.4. The molecule has 2 fully saturated rings. The van der Waals surface area contributed by atoms with Gasteiger partial charge in [0.15, 0.2) is 0 Å². The van der Waals surface area contributed by atoms with Gasteiger partial charge in [0, 0.05) is 6.54 Å². The van der Waals surface area contributed by atoms with Crippen LogP contribution in [0.3, 0.4) is 0 Å². The van der Waals surface area contributed by atoms with Crippen LogP contribution in [0.1, 0.15) is 58.3 Å². The zero-order valence-electron chi connectivity index (χ0n) is 14.0. The molecule has 0 heterocycles. The van der Waals surface area contributed by atoms with Crippen molar-refractivity contribution >= 4 is 0 Å². The smallest absolute Gasteiger partial charge is 0.000661 e. The molecule has 0 saturated heterocycles. The monoisotopic (exact) mass is 280 g/mol. The highest BCUT2D eigenvalue weighted by Crippen LogP contribution is 2.36. The first-order chi connectivity index (χ1) is 9.71. The fraction of sp³-hybridized carbons (Fsp3) is 1.00.